The predicted octanol–water partition coefficient (Wildman–Crippen LogP) is 3.75. The highest BCUT2D eigenvalue weighted by Gasteiger charge is 2.30. The van der Waals surface area contributed by atoms with Crippen LogP contribution >= 0.6 is 11.3 Å². The van der Waals surface area contributed by atoms with Crippen molar-refractivity contribution in [3.8, 4) is 0 Å². The highest BCUT2D eigenvalue weighted by molar-refractivity contribution is 7.10. The van der Waals surface area contributed by atoms with Crippen molar-refractivity contribution in [2.75, 3.05) is 0 Å². The van der Waals surface area contributed by atoms with Gasteiger partial charge in [-0.2, -0.15) is 5.10 Å². The van der Waals surface area contributed by atoms with Gasteiger partial charge in [-0.25, -0.2) is 4.52 Å². The number of carbonyl (C=O) groups is 1. The number of carbonyl (C=O) groups excluding carboxylic acids is 1. The average Bonchev–Trinajstić information content (AvgIpc) is 3.28. The molecule has 0 saturated heterocycles. The topological polar surface area (TPSA) is 79.3 Å². The number of H-pyrrole nitrogens is 1. The molecule has 0 spiro atoms. The van der Waals surface area contributed by atoms with E-state index in [0.29, 0.717) is 22.1 Å². The SMILES string of the molecule is CC(C)(C)C(NC(=O)c1cnn2c1[nH]c(=O)c1ccccc12)c1cccs1. The van der Waals surface area contributed by atoms with Crippen LogP contribution in [0.1, 0.15) is 42.0 Å². The van der Waals surface area contributed by atoms with E-state index in [1.54, 1.807) is 28.0 Å². The molecule has 138 valence electrons. The second kappa shape index (κ2) is 6.35. The second-order valence-electron chi connectivity index (χ2n) is 7.58. The highest BCUT2D eigenvalue weighted by Crippen LogP contribution is 2.35. The van der Waals surface area contributed by atoms with Gasteiger partial charge in [0.1, 0.15) is 11.2 Å². The van der Waals surface area contributed by atoms with Gasteiger partial charge in [-0.1, -0.05) is 39.0 Å². The van der Waals surface area contributed by atoms with Crippen molar-refractivity contribution in [3.63, 3.8) is 0 Å². The van der Waals surface area contributed by atoms with Crippen LogP contribution in [0.25, 0.3) is 16.6 Å². The molecule has 3 aromatic heterocycles. The molecule has 3 heterocycles. The highest BCUT2D eigenvalue weighted by atomic mass is 32.1. The van der Waals surface area contributed by atoms with Crippen LogP contribution in [0, 0.1) is 5.41 Å². The predicted molar refractivity (Wildman–Crippen MR) is 107 cm³/mol. The lowest BCUT2D eigenvalue weighted by Crippen LogP contribution is -2.36. The van der Waals surface area contributed by atoms with Gasteiger partial charge in [0.25, 0.3) is 11.5 Å². The third-order valence-corrected chi connectivity index (χ3v) is 5.53. The second-order valence-corrected chi connectivity index (χ2v) is 8.56. The number of nitrogens with one attached hydrogen (secondary N) is 2. The first-order chi connectivity index (χ1) is 12.9. The maximum absolute atomic E-state index is 13.0. The number of para-hydroxylation sites is 1. The molecule has 0 aliphatic rings. The lowest BCUT2D eigenvalue weighted by atomic mass is 9.85. The van der Waals surface area contributed by atoms with Gasteiger partial charge >= 0.3 is 0 Å². The molecule has 2 N–H and O–H groups in total. The van der Waals surface area contributed by atoms with Crippen LogP contribution < -0.4 is 10.9 Å². The van der Waals surface area contributed by atoms with Crippen molar-refractivity contribution in [2.45, 2.75) is 26.8 Å². The third kappa shape index (κ3) is 3.04. The molecule has 4 aromatic rings. The number of hydrogen-bond acceptors (Lipinski definition) is 4. The molecule has 0 radical (unpaired) electrons. The Morgan fingerprint density at radius 1 is 1.22 bits per heavy atom. The summed E-state index contributed by atoms with van der Waals surface area (Å²) in [6, 6.07) is 11.0. The normalized spacial score (nSPS) is 13.1. The van der Waals surface area contributed by atoms with Crippen molar-refractivity contribution in [3.05, 3.63) is 68.8 Å². The van der Waals surface area contributed by atoms with E-state index in [4.69, 9.17) is 0 Å². The van der Waals surface area contributed by atoms with Crippen molar-refractivity contribution in [1.82, 2.24) is 19.9 Å². The standard InChI is InChI=1S/C20H20N4O2S/c1-20(2,3)16(15-9-6-10-27-15)22-19(26)13-11-21-24-14-8-5-4-7-12(14)18(25)23-17(13)24/h4-11,16H,1-3H3,(H,22,26)(H,23,25). The molecule has 4 rings (SSSR count). The monoisotopic (exact) mass is 380 g/mol. The third-order valence-electron chi connectivity index (χ3n) is 4.59. The zero-order chi connectivity index (χ0) is 19.2. The first-order valence-electron chi connectivity index (χ1n) is 8.69. The Labute approximate surface area is 159 Å². The maximum Gasteiger partial charge on any atom is 0.259 e. The quantitative estimate of drug-likeness (QED) is 0.568. The molecule has 0 aliphatic heterocycles. The fourth-order valence-corrected chi connectivity index (χ4v) is 4.24. The van der Waals surface area contributed by atoms with E-state index in [1.807, 2.05) is 29.6 Å². The Hall–Kier alpha value is -2.93. The van der Waals surface area contributed by atoms with E-state index in [-0.39, 0.29) is 22.9 Å². The summed E-state index contributed by atoms with van der Waals surface area (Å²) in [5, 5.41) is 9.98. The van der Waals surface area contributed by atoms with Crippen molar-refractivity contribution in [2.24, 2.45) is 5.41 Å². The summed E-state index contributed by atoms with van der Waals surface area (Å²) in [6.45, 7) is 6.26. The summed E-state index contributed by atoms with van der Waals surface area (Å²) in [5.74, 6) is -0.260. The van der Waals surface area contributed by atoms with Crippen LogP contribution in [0.4, 0.5) is 0 Å². The summed E-state index contributed by atoms with van der Waals surface area (Å²) in [5.41, 5.74) is 1.02. The van der Waals surface area contributed by atoms with Gasteiger partial charge in [-0.3, -0.25) is 9.59 Å². The van der Waals surface area contributed by atoms with Crippen LogP contribution in [0.5, 0.6) is 0 Å². The van der Waals surface area contributed by atoms with Crippen LogP contribution in [0.15, 0.2) is 52.8 Å². The summed E-state index contributed by atoms with van der Waals surface area (Å²) in [7, 11) is 0. The number of aromatic amines is 1. The number of hydrogen-bond donors (Lipinski definition) is 2. The van der Waals surface area contributed by atoms with Gasteiger partial charge in [0.05, 0.1) is 23.1 Å². The van der Waals surface area contributed by atoms with Gasteiger partial charge in [-0.05, 0) is 29.0 Å². The van der Waals surface area contributed by atoms with E-state index in [2.05, 4.69) is 36.2 Å². The van der Waals surface area contributed by atoms with Crippen LogP contribution in [0.3, 0.4) is 0 Å². The van der Waals surface area contributed by atoms with Crippen LogP contribution in [-0.2, 0) is 0 Å². The van der Waals surface area contributed by atoms with E-state index >= 15 is 0 Å². The van der Waals surface area contributed by atoms with Crippen molar-refractivity contribution in [1.29, 1.82) is 0 Å². The first-order valence-corrected chi connectivity index (χ1v) is 9.57. The molecular weight excluding hydrogens is 360 g/mol. The maximum atomic E-state index is 13.0. The minimum Gasteiger partial charge on any atom is -0.344 e. The molecule has 0 bridgehead atoms. The van der Waals surface area contributed by atoms with E-state index in [1.165, 1.54) is 6.20 Å². The molecule has 0 fully saturated rings. The fraction of sp³-hybridized carbons (Fsp3) is 0.250. The summed E-state index contributed by atoms with van der Waals surface area (Å²) < 4.78 is 1.60. The van der Waals surface area contributed by atoms with Crippen LogP contribution in [-0.4, -0.2) is 20.5 Å². The average molecular weight is 380 g/mol. The molecule has 27 heavy (non-hydrogen) atoms. The minimum atomic E-state index is -0.260. The molecule has 1 amide bonds. The van der Waals surface area contributed by atoms with Gasteiger partial charge in [-0.15, -0.1) is 11.3 Å². The molecule has 1 aromatic carbocycles. The number of aromatic nitrogens is 3. The van der Waals surface area contributed by atoms with Gasteiger partial charge in [0.2, 0.25) is 0 Å². The van der Waals surface area contributed by atoms with E-state index < -0.39 is 0 Å². The number of benzene rings is 1. The number of nitrogens with zero attached hydrogens (tertiary/aromatic N) is 2. The molecule has 1 atom stereocenters. The van der Waals surface area contributed by atoms with Gasteiger partial charge in [0, 0.05) is 4.88 Å². The zero-order valence-corrected chi connectivity index (χ0v) is 16.1. The molecule has 0 aliphatic carbocycles. The minimum absolute atomic E-state index is 0.146. The summed E-state index contributed by atoms with van der Waals surface area (Å²) in [6.07, 6.45) is 1.50. The number of fused-ring (bicyclic) bond motifs is 3. The first kappa shape index (κ1) is 17.5. The molecule has 6 nitrogen and oxygen atoms in total. The largest absolute Gasteiger partial charge is 0.344 e. The Morgan fingerprint density at radius 2 is 2.00 bits per heavy atom. The van der Waals surface area contributed by atoms with Gasteiger partial charge < -0.3 is 10.3 Å². The van der Waals surface area contributed by atoms with Crippen molar-refractivity contribution >= 4 is 33.8 Å². The number of thiophene rings is 1. The Kier molecular flexibility index (Phi) is 4.11. The molecule has 0 saturated carbocycles. The Balaban J connectivity index is 1.78. The fourth-order valence-electron chi connectivity index (χ4n) is 3.22. The Bertz CT molecular complexity index is 1180. The smallest absolute Gasteiger partial charge is 0.259 e. The number of rotatable bonds is 3. The van der Waals surface area contributed by atoms with Gasteiger partial charge in [0.15, 0.2) is 0 Å². The lowest BCUT2D eigenvalue weighted by molar-refractivity contribution is 0.0905. The number of amides is 1. The summed E-state index contributed by atoms with van der Waals surface area (Å²) >= 11 is 1.61. The van der Waals surface area contributed by atoms with E-state index in [9.17, 15) is 9.59 Å². The Morgan fingerprint density at radius 3 is 2.70 bits per heavy atom. The summed E-state index contributed by atoms with van der Waals surface area (Å²) in [4.78, 5) is 29.3. The zero-order valence-electron chi connectivity index (χ0n) is 15.3. The van der Waals surface area contributed by atoms with E-state index in [0.717, 1.165) is 4.88 Å². The van der Waals surface area contributed by atoms with Crippen LogP contribution in [0.2, 0.25) is 0 Å². The molecule has 1 unspecified atom stereocenters. The van der Waals surface area contributed by atoms with Crippen molar-refractivity contribution < 1.29 is 4.79 Å². The molecular formula is C20H20N4O2S. The molecule has 7 heteroatoms. The lowest BCUT2D eigenvalue weighted by Gasteiger charge is -2.30.